The predicted octanol–water partition coefficient (Wildman–Crippen LogP) is 3.78. The summed E-state index contributed by atoms with van der Waals surface area (Å²) < 4.78 is 0.982. The van der Waals surface area contributed by atoms with E-state index in [2.05, 4.69) is 28.9 Å². The minimum Gasteiger partial charge on any atom is -0.192 e. The van der Waals surface area contributed by atoms with E-state index in [1.807, 2.05) is 30.3 Å². The molecular formula is C12H8BrN. The number of hydrogen-bond acceptors (Lipinski definition) is 1. The minimum absolute atomic E-state index is 0.720. The maximum absolute atomic E-state index is 8.98. The zero-order chi connectivity index (χ0) is 10.1. The Morgan fingerprint density at radius 2 is 2.00 bits per heavy atom. The Balaban J connectivity index is 3.01. The van der Waals surface area contributed by atoms with Gasteiger partial charge < -0.3 is 0 Å². The number of nitriles is 1. The molecule has 0 N–H and O–H groups in total. The van der Waals surface area contributed by atoms with Crippen molar-refractivity contribution in [3.05, 3.63) is 45.9 Å². The average Bonchev–Trinajstić information content (AvgIpc) is 2.20. The van der Waals surface area contributed by atoms with E-state index in [9.17, 15) is 0 Å². The van der Waals surface area contributed by atoms with Crippen molar-refractivity contribution >= 4 is 26.7 Å². The van der Waals surface area contributed by atoms with Crippen LogP contribution in [0.2, 0.25) is 0 Å². The predicted molar refractivity (Wildman–Crippen MR) is 61.1 cm³/mol. The fraction of sp³-hybridized carbons (Fsp3) is 0.0833. The largest absolute Gasteiger partial charge is 0.192 e. The van der Waals surface area contributed by atoms with Gasteiger partial charge >= 0.3 is 0 Å². The maximum Gasteiger partial charge on any atom is 0.0998 e. The first-order valence-electron chi connectivity index (χ1n) is 4.32. The van der Waals surface area contributed by atoms with Crippen molar-refractivity contribution in [1.29, 1.82) is 5.26 Å². The summed E-state index contributed by atoms with van der Waals surface area (Å²) in [5, 5.41) is 11.1. The third-order valence-corrected chi connectivity index (χ3v) is 2.99. The summed E-state index contributed by atoms with van der Waals surface area (Å²) >= 11 is 3.47. The van der Waals surface area contributed by atoms with Crippen LogP contribution in [0.4, 0.5) is 0 Å². The van der Waals surface area contributed by atoms with E-state index >= 15 is 0 Å². The molecule has 2 rings (SSSR count). The Kier molecular flexibility index (Phi) is 2.26. The normalized spacial score (nSPS) is 10.1. The van der Waals surface area contributed by atoms with Gasteiger partial charge in [0.2, 0.25) is 0 Å². The molecule has 0 spiro atoms. The van der Waals surface area contributed by atoms with Crippen molar-refractivity contribution in [2.75, 3.05) is 0 Å². The fourth-order valence-corrected chi connectivity index (χ4v) is 2.18. The highest BCUT2D eigenvalue weighted by atomic mass is 79.9. The summed E-state index contributed by atoms with van der Waals surface area (Å²) in [6, 6.07) is 12.0. The van der Waals surface area contributed by atoms with Gasteiger partial charge in [-0.25, -0.2) is 0 Å². The SMILES string of the molecule is Cc1ccc(C#N)c2c(Br)cccc12. The Bertz CT molecular complexity index is 538. The molecule has 0 atom stereocenters. The smallest absolute Gasteiger partial charge is 0.0998 e. The summed E-state index contributed by atoms with van der Waals surface area (Å²) in [6.07, 6.45) is 0. The summed E-state index contributed by atoms with van der Waals surface area (Å²) in [5.74, 6) is 0. The van der Waals surface area contributed by atoms with Crippen molar-refractivity contribution in [3.63, 3.8) is 0 Å². The van der Waals surface area contributed by atoms with Gasteiger partial charge in [0.05, 0.1) is 11.6 Å². The molecule has 0 aliphatic heterocycles. The van der Waals surface area contributed by atoms with Crippen LogP contribution in [0, 0.1) is 18.3 Å². The third kappa shape index (κ3) is 1.30. The first kappa shape index (κ1) is 9.23. The topological polar surface area (TPSA) is 23.8 Å². The quantitative estimate of drug-likeness (QED) is 0.693. The lowest BCUT2D eigenvalue weighted by Crippen LogP contribution is -1.84. The molecule has 0 saturated heterocycles. The van der Waals surface area contributed by atoms with Crippen LogP contribution in [0.1, 0.15) is 11.1 Å². The monoisotopic (exact) mass is 245 g/mol. The van der Waals surface area contributed by atoms with Gasteiger partial charge in [-0.2, -0.15) is 5.26 Å². The molecule has 0 bridgehead atoms. The van der Waals surface area contributed by atoms with Gasteiger partial charge in [0, 0.05) is 9.86 Å². The second-order valence-corrected chi connectivity index (χ2v) is 4.06. The standard InChI is InChI=1S/C12H8BrN/c1-8-5-6-9(7-14)12-10(8)3-2-4-11(12)13/h2-6H,1H3. The molecule has 0 fully saturated rings. The molecule has 68 valence electrons. The first-order chi connectivity index (χ1) is 6.74. The van der Waals surface area contributed by atoms with Crippen LogP contribution in [0.25, 0.3) is 10.8 Å². The van der Waals surface area contributed by atoms with E-state index < -0.39 is 0 Å². The molecule has 0 unspecified atom stereocenters. The molecule has 0 amide bonds. The van der Waals surface area contributed by atoms with Crippen LogP contribution in [0.5, 0.6) is 0 Å². The number of benzene rings is 2. The Hall–Kier alpha value is -1.33. The van der Waals surface area contributed by atoms with Gasteiger partial charge in [-0.15, -0.1) is 0 Å². The third-order valence-electron chi connectivity index (χ3n) is 2.33. The lowest BCUT2D eigenvalue weighted by molar-refractivity contribution is 1.47. The van der Waals surface area contributed by atoms with Crippen molar-refractivity contribution in [1.82, 2.24) is 0 Å². The highest BCUT2D eigenvalue weighted by Gasteiger charge is 2.05. The molecular weight excluding hydrogens is 238 g/mol. The van der Waals surface area contributed by atoms with Crippen molar-refractivity contribution in [2.24, 2.45) is 0 Å². The van der Waals surface area contributed by atoms with Crippen molar-refractivity contribution < 1.29 is 0 Å². The van der Waals surface area contributed by atoms with Gasteiger partial charge in [0.25, 0.3) is 0 Å². The Morgan fingerprint density at radius 3 is 2.71 bits per heavy atom. The maximum atomic E-state index is 8.98. The summed E-state index contributed by atoms with van der Waals surface area (Å²) in [7, 11) is 0. The highest BCUT2D eigenvalue weighted by Crippen LogP contribution is 2.28. The number of nitrogens with zero attached hydrogens (tertiary/aromatic N) is 1. The molecule has 14 heavy (non-hydrogen) atoms. The first-order valence-corrected chi connectivity index (χ1v) is 5.11. The van der Waals surface area contributed by atoms with E-state index in [1.54, 1.807) is 0 Å². The van der Waals surface area contributed by atoms with E-state index in [0.29, 0.717) is 0 Å². The summed E-state index contributed by atoms with van der Waals surface area (Å²) in [6.45, 7) is 2.05. The molecule has 0 aromatic heterocycles. The van der Waals surface area contributed by atoms with Crippen LogP contribution in [0.3, 0.4) is 0 Å². The molecule has 0 aliphatic carbocycles. The number of rotatable bonds is 0. The van der Waals surface area contributed by atoms with Crippen LogP contribution in [-0.2, 0) is 0 Å². The van der Waals surface area contributed by atoms with Crippen LogP contribution >= 0.6 is 15.9 Å². The van der Waals surface area contributed by atoms with Gasteiger partial charge in [0.1, 0.15) is 0 Å². The van der Waals surface area contributed by atoms with Gasteiger partial charge in [-0.1, -0.05) is 34.1 Å². The van der Waals surface area contributed by atoms with Crippen molar-refractivity contribution in [3.8, 4) is 6.07 Å². The van der Waals surface area contributed by atoms with E-state index in [0.717, 1.165) is 20.8 Å². The minimum atomic E-state index is 0.720. The lowest BCUT2D eigenvalue weighted by atomic mass is 10.0. The summed E-state index contributed by atoms with van der Waals surface area (Å²) in [4.78, 5) is 0. The number of halogens is 1. The number of aryl methyl sites for hydroxylation is 1. The molecule has 0 aliphatic rings. The Labute approximate surface area is 91.1 Å². The van der Waals surface area contributed by atoms with Crippen LogP contribution < -0.4 is 0 Å². The van der Waals surface area contributed by atoms with Crippen LogP contribution in [0.15, 0.2) is 34.8 Å². The highest BCUT2D eigenvalue weighted by molar-refractivity contribution is 9.10. The molecule has 0 saturated carbocycles. The second kappa shape index (κ2) is 3.43. The number of fused-ring (bicyclic) bond motifs is 1. The van der Waals surface area contributed by atoms with E-state index in [4.69, 9.17) is 5.26 Å². The zero-order valence-electron chi connectivity index (χ0n) is 7.71. The number of hydrogen-bond donors (Lipinski definition) is 0. The molecule has 2 heteroatoms. The molecule has 2 aromatic carbocycles. The second-order valence-electron chi connectivity index (χ2n) is 3.20. The Morgan fingerprint density at radius 1 is 1.21 bits per heavy atom. The average molecular weight is 246 g/mol. The van der Waals surface area contributed by atoms with Gasteiger partial charge in [0.15, 0.2) is 0 Å². The van der Waals surface area contributed by atoms with Crippen LogP contribution in [-0.4, -0.2) is 0 Å². The molecule has 2 aromatic rings. The van der Waals surface area contributed by atoms with E-state index in [1.165, 1.54) is 5.56 Å². The molecule has 0 heterocycles. The molecule has 1 nitrogen and oxygen atoms in total. The van der Waals surface area contributed by atoms with Gasteiger partial charge in [-0.3, -0.25) is 0 Å². The zero-order valence-corrected chi connectivity index (χ0v) is 9.30. The fourth-order valence-electron chi connectivity index (χ4n) is 1.60. The summed E-state index contributed by atoms with van der Waals surface area (Å²) in [5.41, 5.74) is 1.92. The van der Waals surface area contributed by atoms with Gasteiger partial charge in [-0.05, 0) is 30.0 Å². The lowest BCUT2D eigenvalue weighted by Gasteiger charge is -2.05. The molecule has 0 radical (unpaired) electrons. The van der Waals surface area contributed by atoms with E-state index in [-0.39, 0.29) is 0 Å². The van der Waals surface area contributed by atoms with Crippen molar-refractivity contribution in [2.45, 2.75) is 6.92 Å².